The monoisotopic (exact) mass is 280 g/mol. The van der Waals surface area contributed by atoms with Gasteiger partial charge in [-0.15, -0.1) is 0 Å². The van der Waals surface area contributed by atoms with Gasteiger partial charge in [0.15, 0.2) is 6.10 Å². The van der Waals surface area contributed by atoms with Gasteiger partial charge in [-0.05, 0) is 12.1 Å². The van der Waals surface area contributed by atoms with E-state index in [-0.39, 0.29) is 19.1 Å². The van der Waals surface area contributed by atoms with E-state index in [0.29, 0.717) is 23.5 Å². The summed E-state index contributed by atoms with van der Waals surface area (Å²) in [7, 11) is 1.45. The number of ether oxygens (including phenoxy) is 2. The minimum absolute atomic E-state index is 0.0156. The van der Waals surface area contributed by atoms with Crippen molar-refractivity contribution in [1.82, 2.24) is 4.90 Å². The maximum absolute atomic E-state index is 12.4. The minimum atomic E-state index is -1.08. The first-order valence-corrected chi connectivity index (χ1v) is 6.10. The highest BCUT2D eigenvalue weighted by molar-refractivity contribution is 5.97. The van der Waals surface area contributed by atoms with Crippen LogP contribution < -0.4 is 10.5 Å². The van der Waals surface area contributed by atoms with E-state index in [9.17, 15) is 9.59 Å². The predicted molar refractivity (Wildman–Crippen MR) is 70.7 cm³/mol. The summed E-state index contributed by atoms with van der Waals surface area (Å²) >= 11 is 0. The number of carbonyl (C=O) groups is 2. The first-order valence-electron chi connectivity index (χ1n) is 6.10. The molecule has 2 rings (SSSR count). The molecule has 1 aromatic carbocycles. The van der Waals surface area contributed by atoms with Crippen molar-refractivity contribution < 1.29 is 24.2 Å². The van der Waals surface area contributed by atoms with Crippen molar-refractivity contribution >= 4 is 17.6 Å². The van der Waals surface area contributed by atoms with Crippen LogP contribution in [0.1, 0.15) is 10.4 Å². The van der Waals surface area contributed by atoms with Crippen molar-refractivity contribution in [2.24, 2.45) is 0 Å². The van der Waals surface area contributed by atoms with Crippen LogP contribution in [0.5, 0.6) is 5.75 Å². The lowest BCUT2D eigenvalue weighted by Crippen LogP contribution is -2.48. The van der Waals surface area contributed by atoms with Crippen molar-refractivity contribution in [1.29, 1.82) is 0 Å². The molecular formula is C13H16N2O5. The van der Waals surface area contributed by atoms with Gasteiger partial charge in [-0.25, -0.2) is 4.79 Å². The Balaban J connectivity index is 2.20. The number of benzene rings is 1. The van der Waals surface area contributed by atoms with Crippen LogP contribution in [0.3, 0.4) is 0 Å². The largest absolute Gasteiger partial charge is 0.496 e. The highest BCUT2D eigenvalue weighted by Gasteiger charge is 2.30. The average molecular weight is 280 g/mol. The zero-order valence-corrected chi connectivity index (χ0v) is 11.0. The Morgan fingerprint density at radius 1 is 1.50 bits per heavy atom. The number of aliphatic carboxylic acids is 1. The number of nitrogen functional groups attached to an aromatic ring is 1. The molecule has 1 aliphatic rings. The number of rotatable bonds is 3. The van der Waals surface area contributed by atoms with Crippen molar-refractivity contribution in [2.75, 3.05) is 32.5 Å². The number of hydrogen-bond acceptors (Lipinski definition) is 5. The van der Waals surface area contributed by atoms with E-state index in [1.807, 2.05) is 0 Å². The van der Waals surface area contributed by atoms with Gasteiger partial charge in [0.25, 0.3) is 5.91 Å². The molecule has 1 aromatic rings. The van der Waals surface area contributed by atoms with Crippen LogP contribution in [0.4, 0.5) is 5.69 Å². The summed E-state index contributed by atoms with van der Waals surface area (Å²) in [5.41, 5.74) is 6.48. The number of nitrogens with zero attached hydrogens (tertiary/aromatic N) is 1. The van der Waals surface area contributed by atoms with E-state index in [0.717, 1.165) is 0 Å². The Kier molecular flexibility index (Phi) is 4.09. The van der Waals surface area contributed by atoms with Crippen LogP contribution in [0, 0.1) is 0 Å². The van der Waals surface area contributed by atoms with Crippen molar-refractivity contribution in [3.05, 3.63) is 23.8 Å². The molecule has 0 aliphatic carbocycles. The van der Waals surface area contributed by atoms with Crippen LogP contribution in [0.15, 0.2) is 18.2 Å². The highest BCUT2D eigenvalue weighted by Crippen LogP contribution is 2.23. The summed E-state index contributed by atoms with van der Waals surface area (Å²) in [6, 6.07) is 4.73. The lowest BCUT2D eigenvalue weighted by Gasteiger charge is -2.31. The first kappa shape index (κ1) is 14.1. The van der Waals surface area contributed by atoms with Gasteiger partial charge in [0, 0.05) is 18.3 Å². The molecule has 7 heteroatoms. The Morgan fingerprint density at radius 2 is 2.25 bits per heavy atom. The van der Waals surface area contributed by atoms with Crippen LogP contribution >= 0.6 is 0 Å². The Labute approximate surface area is 115 Å². The number of carboxylic acid groups (broad SMARTS) is 1. The molecule has 3 N–H and O–H groups in total. The normalized spacial score (nSPS) is 18.6. The molecule has 7 nitrogen and oxygen atoms in total. The van der Waals surface area contributed by atoms with Crippen LogP contribution in [-0.4, -0.2) is 54.8 Å². The third-order valence-corrected chi connectivity index (χ3v) is 3.09. The van der Waals surface area contributed by atoms with Gasteiger partial charge >= 0.3 is 5.97 Å². The summed E-state index contributed by atoms with van der Waals surface area (Å²) < 4.78 is 10.2. The summed E-state index contributed by atoms with van der Waals surface area (Å²) in [5, 5.41) is 8.94. The van der Waals surface area contributed by atoms with Crippen LogP contribution in [0.2, 0.25) is 0 Å². The number of methoxy groups -OCH3 is 1. The van der Waals surface area contributed by atoms with E-state index in [1.165, 1.54) is 12.0 Å². The fourth-order valence-electron chi connectivity index (χ4n) is 2.04. The van der Waals surface area contributed by atoms with Gasteiger partial charge in [-0.3, -0.25) is 4.79 Å². The lowest BCUT2D eigenvalue weighted by atomic mass is 10.1. The SMILES string of the molecule is COc1cc(N)ccc1C(=O)N1CCOC(C(=O)O)C1. The molecule has 0 saturated carbocycles. The molecule has 1 atom stereocenters. The van der Waals surface area contributed by atoms with Gasteiger partial charge in [0.2, 0.25) is 0 Å². The summed E-state index contributed by atoms with van der Waals surface area (Å²) in [5.74, 6) is -1.00. The van der Waals surface area contributed by atoms with Gasteiger partial charge in [0.05, 0.1) is 25.8 Å². The molecule has 0 bridgehead atoms. The number of morpholine rings is 1. The van der Waals surface area contributed by atoms with Crippen LogP contribution in [0.25, 0.3) is 0 Å². The van der Waals surface area contributed by atoms with E-state index in [1.54, 1.807) is 18.2 Å². The van der Waals surface area contributed by atoms with E-state index >= 15 is 0 Å². The smallest absolute Gasteiger partial charge is 0.334 e. The zero-order valence-electron chi connectivity index (χ0n) is 11.0. The van der Waals surface area contributed by atoms with E-state index in [4.69, 9.17) is 20.3 Å². The predicted octanol–water partition coefficient (Wildman–Crippen LogP) is 0.203. The molecule has 0 radical (unpaired) electrons. The number of hydrogen-bond donors (Lipinski definition) is 2. The number of carbonyl (C=O) groups excluding carboxylic acids is 1. The Morgan fingerprint density at radius 3 is 2.90 bits per heavy atom. The lowest BCUT2D eigenvalue weighted by molar-refractivity contribution is -0.154. The highest BCUT2D eigenvalue weighted by atomic mass is 16.5. The Hall–Kier alpha value is -2.28. The fraction of sp³-hybridized carbons (Fsp3) is 0.385. The number of anilines is 1. The second-order valence-electron chi connectivity index (χ2n) is 4.41. The molecule has 1 amide bonds. The molecule has 0 spiro atoms. The molecule has 0 aromatic heterocycles. The average Bonchev–Trinajstić information content (AvgIpc) is 2.46. The summed E-state index contributed by atoms with van der Waals surface area (Å²) in [6.07, 6.45) is -0.993. The van der Waals surface area contributed by atoms with Gasteiger partial charge < -0.3 is 25.2 Å². The van der Waals surface area contributed by atoms with Crippen molar-refractivity contribution in [3.8, 4) is 5.75 Å². The molecule has 1 fully saturated rings. The quantitative estimate of drug-likeness (QED) is 0.767. The first-order chi connectivity index (χ1) is 9.52. The maximum atomic E-state index is 12.4. The third kappa shape index (κ3) is 2.83. The van der Waals surface area contributed by atoms with Crippen molar-refractivity contribution in [2.45, 2.75) is 6.10 Å². The third-order valence-electron chi connectivity index (χ3n) is 3.09. The molecule has 1 unspecified atom stereocenters. The molecule has 1 saturated heterocycles. The van der Waals surface area contributed by atoms with Gasteiger partial charge in [-0.2, -0.15) is 0 Å². The molecular weight excluding hydrogens is 264 g/mol. The Bertz CT molecular complexity index is 531. The van der Waals surface area contributed by atoms with Gasteiger partial charge in [0.1, 0.15) is 5.75 Å². The number of nitrogens with two attached hydrogens (primary N) is 1. The van der Waals surface area contributed by atoms with E-state index < -0.39 is 12.1 Å². The molecule has 1 aliphatic heterocycles. The zero-order chi connectivity index (χ0) is 14.7. The fourth-order valence-corrected chi connectivity index (χ4v) is 2.04. The van der Waals surface area contributed by atoms with Crippen LogP contribution in [-0.2, 0) is 9.53 Å². The minimum Gasteiger partial charge on any atom is -0.496 e. The topological polar surface area (TPSA) is 102 Å². The molecule has 20 heavy (non-hydrogen) atoms. The summed E-state index contributed by atoms with van der Waals surface area (Å²) in [6.45, 7) is 0.553. The van der Waals surface area contributed by atoms with Crippen molar-refractivity contribution in [3.63, 3.8) is 0 Å². The second-order valence-corrected chi connectivity index (χ2v) is 4.41. The molecule has 108 valence electrons. The number of amides is 1. The summed E-state index contributed by atoms with van der Waals surface area (Å²) in [4.78, 5) is 24.8. The van der Waals surface area contributed by atoms with Gasteiger partial charge in [-0.1, -0.05) is 0 Å². The molecule has 1 heterocycles. The standard InChI is InChI=1S/C13H16N2O5/c1-19-10-6-8(14)2-3-9(10)12(16)15-4-5-20-11(7-15)13(17)18/h2-3,6,11H,4-5,7,14H2,1H3,(H,17,18). The second kappa shape index (κ2) is 5.79. The maximum Gasteiger partial charge on any atom is 0.334 e. The number of carboxylic acids is 1. The van der Waals surface area contributed by atoms with E-state index in [2.05, 4.69) is 0 Å².